The van der Waals surface area contributed by atoms with Crippen LogP contribution < -0.4 is 0 Å². The number of allylic oxidation sites excluding steroid dienone is 1. The van der Waals surface area contributed by atoms with Crippen molar-refractivity contribution in [2.75, 3.05) is 0 Å². The fourth-order valence-electron chi connectivity index (χ4n) is 2.87. The molecule has 0 unspecified atom stereocenters. The third kappa shape index (κ3) is 6.55. The Balaban J connectivity index is 1.87. The standard InChI is InChI=1S/C22H26O3/c1-17(23)14-15-19-11-7-13-22(25)21(19)16-20(24)12-6-5-10-18-8-3-2-4-9-18/h2-4,7-9,11,13-15,20,24-25H,5-6,10,12,16H2,1H3/b15-14+/t20-/m0/s1. The Hall–Kier alpha value is -2.39. The minimum absolute atomic E-state index is 0.0456. The molecule has 0 aliphatic rings. The van der Waals surface area contributed by atoms with Crippen molar-refractivity contribution in [2.45, 2.75) is 45.1 Å². The van der Waals surface area contributed by atoms with Gasteiger partial charge in [0.2, 0.25) is 0 Å². The summed E-state index contributed by atoms with van der Waals surface area (Å²) in [5, 5.41) is 20.4. The number of benzene rings is 2. The molecule has 2 aromatic rings. The molecule has 0 amide bonds. The molecular weight excluding hydrogens is 312 g/mol. The van der Waals surface area contributed by atoms with Crippen LogP contribution in [0.25, 0.3) is 6.08 Å². The van der Waals surface area contributed by atoms with Crippen LogP contribution in [0.3, 0.4) is 0 Å². The van der Waals surface area contributed by atoms with Crippen molar-refractivity contribution in [3.05, 3.63) is 71.3 Å². The third-order valence-electron chi connectivity index (χ3n) is 4.22. The second-order valence-electron chi connectivity index (χ2n) is 6.38. The van der Waals surface area contributed by atoms with E-state index in [1.807, 2.05) is 24.3 Å². The van der Waals surface area contributed by atoms with Gasteiger partial charge in [-0.1, -0.05) is 55.0 Å². The molecule has 2 N–H and O–H groups in total. The van der Waals surface area contributed by atoms with Crippen LogP contribution in [0.4, 0.5) is 0 Å². The summed E-state index contributed by atoms with van der Waals surface area (Å²) < 4.78 is 0. The highest BCUT2D eigenvalue weighted by Crippen LogP contribution is 2.25. The second kappa shape index (κ2) is 9.80. The summed E-state index contributed by atoms with van der Waals surface area (Å²) in [5.74, 6) is 0.116. The van der Waals surface area contributed by atoms with Gasteiger partial charge in [-0.15, -0.1) is 0 Å². The number of aliphatic hydroxyl groups is 1. The minimum atomic E-state index is -0.506. The number of hydrogen-bond acceptors (Lipinski definition) is 3. The number of carbonyl (C=O) groups is 1. The molecule has 0 saturated heterocycles. The molecule has 2 aromatic carbocycles. The fourth-order valence-corrected chi connectivity index (χ4v) is 2.87. The number of aliphatic hydroxyl groups excluding tert-OH is 1. The van der Waals surface area contributed by atoms with Crippen molar-refractivity contribution in [3.8, 4) is 5.75 Å². The van der Waals surface area contributed by atoms with Crippen LogP contribution in [-0.4, -0.2) is 22.1 Å². The Bertz CT molecular complexity index is 704. The number of ketones is 1. The zero-order valence-corrected chi connectivity index (χ0v) is 14.7. The first-order valence-electron chi connectivity index (χ1n) is 8.77. The van der Waals surface area contributed by atoms with Gasteiger partial charge >= 0.3 is 0 Å². The van der Waals surface area contributed by atoms with Crippen molar-refractivity contribution in [1.82, 2.24) is 0 Å². The Labute approximate surface area is 149 Å². The van der Waals surface area contributed by atoms with Crippen LogP contribution in [0.5, 0.6) is 5.75 Å². The van der Waals surface area contributed by atoms with Gasteiger partial charge in [0.1, 0.15) is 5.75 Å². The van der Waals surface area contributed by atoms with E-state index in [-0.39, 0.29) is 11.5 Å². The summed E-state index contributed by atoms with van der Waals surface area (Å²) in [6.07, 6.45) is 6.71. The number of phenolic OH excluding ortho intramolecular Hbond substituents is 1. The molecule has 1 atom stereocenters. The van der Waals surface area contributed by atoms with Crippen molar-refractivity contribution in [3.63, 3.8) is 0 Å². The van der Waals surface area contributed by atoms with E-state index < -0.39 is 6.10 Å². The van der Waals surface area contributed by atoms with Crippen LogP contribution >= 0.6 is 0 Å². The van der Waals surface area contributed by atoms with Crippen molar-refractivity contribution in [2.24, 2.45) is 0 Å². The summed E-state index contributed by atoms with van der Waals surface area (Å²) >= 11 is 0. The van der Waals surface area contributed by atoms with Gasteiger partial charge in [0.25, 0.3) is 0 Å². The van der Waals surface area contributed by atoms with Crippen LogP contribution in [-0.2, 0) is 17.6 Å². The van der Waals surface area contributed by atoms with Gasteiger partial charge in [-0.25, -0.2) is 0 Å². The first-order valence-corrected chi connectivity index (χ1v) is 8.77. The van der Waals surface area contributed by atoms with E-state index in [9.17, 15) is 15.0 Å². The molecule has 3 heteroatoms. The highest BCUT2D eigenvalue weighted by Gasteiger charge is 2.12. The highest BCUT2D eigenvalue weighted by molar-refractivity contribution is 5.91. The molecule has 0 aromatic heterocycles. The summed E-state index contributed by atoms with van der Waals surface area (Å²) in [6.45, 7) is 1.49. The zero-order valence-electron chi connectivity index (χ0n) is 14.7. The molecule has 0 saturated carbocycles. The topological polar surface area (TPSA) is 57.5 Å². The normalized spacial score (nSPS) is 12.4. The van der Waals surface area contributed by atoms with E-state index in [4.69, 9.17) is 0 Å². The number of hydrogen-bond donors (Lipinski definition) is 2. The predicted molar refractivity (Wildman–Crippen MR) is 102 cm³/mol. The smallest absolute Gasteiger partial charge is 0.152 e. The quantitative estimate of drug-likeness (QED) is 0.529. The Morgan fingerprint density at radius 1 is 1.08 bits per heavy atom. The molecule has 25 heavy (non-hydrogen) atoms. The van der Waals surface area contributed by atoms with Gasteiger partial charge in [0.15, 0.2) is 5.78 Å². The van der Waals surface area contributed by atoms with Gasteiger partial charge in [-0.2, -0.15) is 0 Å². The number of phenols is 1. The number of aryl methyl sites for hydroxylation is 1. The maximum absolute atomic E-state index is 11.1. The fraction of sp³-hybridized carbons (Fsp3) is 0.318. The molecule has 2 rings (SSSR count). The molecule has 0 bridgehead atoms. The van der Waals surface area contributed by atoms with Gasteiger partial charge in [-0.05, 0) is 49.5 Å². The first-order chi connectivity index (χ1) is 12.1. The summed E-state index contributed by atoms with van der Waals surface area (Å²) in [7, 11) is 0. The average Bonchev–Trinajstić information content (AvgIpc) is 2.60. The number of aromatic hydroxyl groups is 1. The van der Waals surface area contributed by atoms with E-state index in [1.54, 1.807) is 18.2 Å². The number of unbranched alkanes of at least 4 members (excludes halogenated alkanes) is 1. The zero-order chi connectivity index (χ0) is 18.1. The lowest BCUT2D eigenvalue weighted by Crippen LogP contribution is -2.11. The highest BCUT2D eigenvalue weighted by atomic mass is 16.3. The molecule has 132 valence electrons. The molecule has 0 aliphatic carbocycles. The Morgan fingerprint density at radius 2 is 1.84 bits per heavy atom. The monoisotopic (exact) mass is 338 g/mol. The summed E-state index contributed by atoms with van der Waals surface area (Å²) in [5.41, 5.74) is 2.78. The minimum Gasteiger partial charge on any atom is -0.508 e. The molecule has 0 spiro atoms. The third-order valence-corrected chi connectivity index (χ3v) is 4.22. The van der Waals surface area contributed by atoms with E-state index >= 15 is 0 Å². The second-order valence-corrected chi connectivity index (χ2v) is 6.38. The molecule has 0 aliphatic heterocycles. The largest absolute Gasteiger partial charge is 0.508 e. The molecule has 0 heterocycles. The SMILES string of the molecule is CC(=O)/C=C/c1cccc(O)c1C[C@@H](O)CCCCc1ccccc1. The van der Waals surface area contributed by atoms with Crippen molar-refractivity contribution < 1.29 is 15.0 Å². The van der Waals surface area contributed by atoms with Crippen molar-refractivity contribution in [1.29, 1.82) is 0 Å². The van der Waals surface area contributed by atoms with Crippen molar-refractivity contribution >= 4 is 11.9 Å². The van der Waals surface area contributed by atoms with Gasteiger partial charge < -0.3 is 10.2 Å². The Kier molecular flexibility index (Phi) is 7.42. The molecular formula is C22H26O3. The average molecular weight is 338 g/mol. The number of rotatable bonds is 9. The number of carbonyl (C=O) groups excluding carboxylic acids is 1. The van der Waals surface area contributed by atoms with Crippen LogP contribution in [0.15, 0.2) is 54.6 Å². The van der Waals surface area contributed by atoms with Gasteiger partial charge in [0.05, 0.1) is 6.10 Å². The lowest BCUT2D eigenvalue weighted by molar-refractivity contribution is -0.112. The first kappa shape index (κ1) is 18.9. The molecule has 0 radical (unpaired) electrons. The molecule has 0 fully saturated rings. The lowest BCUT2D eigenvalue weighted by Gasteiger charge is -2.14. The van der Waals surface area contributed by atoms with E-state index in [2.05, 4.69) is 12.1 Å². The van der Waals surface area contributed by atoms with Crippen LogP contribution in [0.2, 0.25) is 0 Å². The predicted octanol–water partition coefficient (Wildman–Crippen LogP) is 4.31. The summed E-state index contributed by atoms with van der Waals surface area (Å²) in [6, 6.07) is 15.5. The summed E-state index contributed by atoms with van der Waals surface area (Å²) in [4.78, 5) is 11.1. The molecule has 3 nitrogen and oxygen atoms in total. The van der Waals surface area contributed by atoms with Crippen LogP contribution in [0, 0.1) is 0 Å². The Morgan fingerprint density at radius 3 is 2.56 bits per heavy atom. The lowest BCUT2D eigenvalue weighted by atomic mass is 9.96. The van der Waals surface area contributed by atoms with E-state index in [0.29, 0.717) is 18.4 Å². The van der Waals surface area contributed by atoms with Gasteiger partial charge in [0, 0.05) is 12.0 Å². The maximum Gasteiger partial charge on any atom is 0.152 e. The maximum atomic E-state index is 11.1. The van der Waals surface area contributed by atoms with Gasteiger partial charge in [-0.3, -0.25) is 4.79 Å². The van der Waals surface area contributed by atoms with E-state index in [0.717, 1.165) is 24.8 Å². The van der Waals surface area contributed by atoms with Crippen LogP contribution in [0.1, 0.15) is 42.9 Å². The van der Waals surface area contributed by atoms with E-state index in [1.165, 1.54) is 18.6 Å².